The summed E-state index contributed by atoms with van der Waals surface area (Å²) >= 11 is 0. The van der Waals surface area contributed by atoms with E-state index in [1.54, 1.807) is 0 Å². The van der Waals surface area contributed by atoms with Crippen LogP contribution in [0.1, 0.15) is 45.4 Å². The summed E-state index contributed by atoms with van der Waals surface area (Å²) in [6.45, 7) is 1.48. The van der Waals surface area contributed by atoms with Crippen molar-refractivity contribution in [1.82, 2.24) is 0 Å². The predicted octanol–water partition coefficient (Wildman–Crippen LogP) is -5.72. The third kappa shape index (κ3) is 56.8. The molecule has 0 amide bonds. The molecule has 24 N–H and O–H groups in total. The molecule has 22 heteroatoms. The minimum Gasteiger partial charge on any atom is -0.480 e. The molecule has 5 atom stereocenters. The van der Waals surface area contributed by atoms with Crippen LogP contribution in [-0.4, -0.2) is 140 Å². The van der Waals surface area contributed by atoms with Gasteiger partial charge in [0, 0.05) is 0 Å². The summed E-state index contributed by atoms with van der Waals surface area (Å²) in [6.07, 6.45) is 3.35. The first kappa shape index (κ1) is 53.9. The Morgan fingerprint density at radius 2 is 0.800 bits per heavy atom. The molecule has 0 heterocycles. The maximum absolute atomic E-state index is 10.1. The summed E-state index contributed by atoms with van der Waals surface area (Å²) < 4.78 is 0. The molecule has 0 unspecified atom stereocenters. The van der Waals surface area contributed by atoms with Gasteiger partial charge in [-0.1, -0.05) is 12.8 Å². The van der Waals surface area contributed by atoms with Crippen molar-refractivity contribution in [2.75, 3.05) is 32.8 Å². The highest BCUT2D eigenvalue weighted by atomic mass is 16.4. The zero-order valence-corrected chi connectivity index (χ0v) is 25.3. The first-order valence-electron chi connectivity index (χ1n) is 13.1. The Bertz CT molecular complexity index is 738. The van der Waals surface area contributed by atoms with E-state index in [1.165, 1.54) is 6.92 Å². The van der Waals surface area contributed by atoms with Crippen molar-refractivity contribution in [3.8, 4) is 0 Å². The van der Waals surface area contributed by atoms with Crippen LogP contribution in [0.25, 0.3) is 0 Å². The molecule has 0 aromatic rings. The molecule has 22 nitrogen and oxygen atoms in total. The van der Waals surface area contributed by atoms with Gasteiger partial charge in [0.2, 0.25) is 0 Å². The monoisotopic (exact) mass is 666 g/mol. The fourth-order valence-corrected chi connectivity index (χ4v) is 1.55. The molecule has 0 saturated carbocycles. The van der Waals surface area contributed by atoms with Gasteiger partial charge in [-0.3, -0.25) is 28.8 Å². The van der Waals surface area contributed by atoms with Gasteiger partial charge in [0.25, 0.3) is 0 Å². The Morgan fingerprint density at radius 3 is 0.889 bits per heavy atom. The van der Waals surface area contributed by atoms with Crippen LogP contribution >= 0.6 is 0 Å². The Kier molecular flexibility index (Phi) is 46.1. The van der Waals surface area contributed by atoms with E-state index in [1.807, 2.05) is 0 Å². The van der Waals surface area contributed by atoms with E-state index in [-0.39, 0.29) is 13.1 Å². The molecule has 45 heavy (non-hydrogen) atoms. The molecule has 0 radical (unpaired) electrons. The number of carboxylic acids is 6. The molecule has 0 aliphatic rings. The second-order valence-corrected chi connectivity index (χ2v) is 8.39. The Hall–Kier alpha value is -3.58. The van der Waals surface area contributed by atoms with E-state index in [9.17, 15) is 28.8 Å². The Balaban J connectivity index is -0.000000103. The Labute approximate surface area is 260 Å². The van der Waals surface area contributed by atoms with Crippen molar-refractivity contribution in [2.24, 2.45) is 45.9 Å². The van der Waals surface area contributed by atoms with Crippen molar-refractivity contribution in [2.45, 2.75) is 75.7 Å². The average molecular weight is 667 g/mol. The zero-order valence-electron chi connectivity index (χ0n) is 25.3. The van der Waals surface area contributed by atoms with E-state index < -0.39 is 72.7 Å². The lowest BCUT2D eigenvalue weighted by Crippen LogP contribution is -2.39. The number of aliphatic hydroxyl groups excluding tert-OH is 2. The maximum Gasteiger partial charge on any atom is 0.323 e. The molecule has 270 valence electrons. The number of aliphatic carboxylic acids is 6. The summed E-state index contributed by atoms with van der Waals surface area (Å²) in [4.78, 5) is 58.3. The summed E-state index contributed by atoms with van der Waals surface area (Å²) in [5, 5.41) is 64.3. The molecule has 0 saturated heterocycles. The standard InChI is InChI=1S/2C6H14N2O2.C4H9NO3.C3H7NO3.2C2H5NO2/c2*7-4-2-1-3-5(8)6(9)10;1-2(6)3(5)4(7)8;4-2(1-5)3(6)7;2*3-1-2(4)5/h2*5H,1-4,7-8H2,(H,9,10);2-3,6H,5H2,1H3,(H,7,8);2,5H,1,4H2,(H,6,7);2*1,3H2,(H,4,5)/t2*5-;2-,3+;2-;;/m0010../s1. The highest BCUT2D eigenvalue weighted by Crippen LogP contribution is 1.97. The third-order valence-electron chi connectivity index (χ3n) is 4.24. The largest absolute Gasteiger partial charge is 0.480 e. The van der Waals surface area contributed by atoms with E-state index in [0.29, 0.717) is 25.9 Å². The SMILES string of the molecule is C[C@@H](O)[C@H](N)C(=O)O.NCC(=O)O.NCC(=O)O.NCCCC[C@H](N)C(=O)O.NCCCC[C@H](N)C(=O)O.N[C@@H](CO)C(=O)O. The molecule has 0 rings (SSSR count). The minimum absolute atomic E-state index is 0.278. The van der Waals surface area contributed by atoms with E-state index in [2.05, 4.69) is 11.5 Å². The van der Waals surface area contributed by atoms with Crippen LogP contribution in [0, 0.1) is 0 Å². The lowest BCUT2D eigenvalue weighted by molar-refractivity contribution is -0.141. The number of carboxylic acid groups (broad SMARTS) is 6. The van der Waals surface area contributed by atoms with Crippen LogP contribution in [0.15, 0.2) is 0 Å². The first-order valence-corrected chi connectivity index (χ1v) is 13.1. The number of hydrogen-bond donors (Lipinski definition) is 16. The van der Waals surface area contributed by atoms with Crippen molar-refractivity contribution in [3.05, 3.63) is 0 Å². The van der Waals surface area contributed by atoms with Crippen molar-refractivity contribution < 1.29 is 69.6 Å². The fourth-order valence-electron chi connectivity index (χ4n) is 1.55. The van der Waals surface area contributed by atoms with Gasteiger partial charge in [-0.15, -0.1) is 0 Å². The van der Waals surface area contributed by atoms with Crippen LogP contribution < -0.4 is 45.9 Å². The quantitative estimate of drug-likeness (QED) is 0.0682. The molecule has 0 fully saturated rings. The summed E-state index contributed by atoms with van der Waals surface area (Å²) in [6, 6.07) is -3.71. The molecule has 0 aliphatic heterocycles. The fraction of sp³-hybridized carbons (Fsp3) is 0.739. The van der Waals surface area contributed by atoms with Gasteiger partial charge in [0.05, 0.1) is 25.8 Å². The highest BCUT2D eigenvalue weighted by Gasteiger charge is 2.16. The second kappa shape index (κ2) is 38.4. The van der Waals surface area contributed by atoms with E-state index >= 15 is 0 Å². The average Bonchev–Trinajstić information content (AvgIpc) is 2.97. The van der Waals surface area contributed by atoms with Crippen LogP contribution in [-0.2, 0) is 28.8 Å². The van der Waals surface area contributed by atoms with Gasteiger partial charge in [-0.25, -0.2) is 0 Å². The number of nitrogens with two attached hydrogens (primary N) is 8. The van der Waals surface area contributed by atoms with Gasteiger partial charge in [-0.2, -0.15) is 0 Å². The molecular weight excluding hydrogens is 612 g/mol. The molecule has 0 spiro atoms. The zero-order chi connectivity index (χ0) is 37.1. The number of unbranched alkanes of at least 4 members (excludes halogenated alkanes) is 2. The van der Waals surface area contributed by atoms with E-state index in [4.69, 9.17) is 75.3 Å². The minimum atomic E-state index is -1.18. The number of carbonyl (C=O) groups is 6. The Morgan fingerprint density at radius 1 is 0.533 bits per heavy atom. The lowest BCUT2D eigenvalue weighted by atomic mass is 10.1. The summed E-state index contributed by atoms with van der Waals surface area (Å²) in [7, 11) is 0. The van der Waals surface area contributed by atoms with Crippen LogP contribution in [0.3, 0.4) is 0 Å². The normalized spacial score (nSPS) is 12.6. The first-order chi connectivity index (χ1) is 20.6. The van der Waals surface area contributed by atoms with E-state index in [0.717, 1.165) is 25.7 Å². The smallest absolute Gasteiger partial charge is 0.323 e. The molecular formula is C23H54N8O14. The van der Waals surface area contributed by atoms with Gasteiger partial charge >= 0.3 is 35.8 Å². The topological polar surface area (TPSA) is 472 Å². The van der Waals surface area contributed by atoms with Crippen LogP contribution in [0.2, 0.25) is 0 Å². The maximum atomic E-state index is 10.1. The van der Waals surface area contributed by atoms with Crippen molar-refractivity contribution in [3.63, 3.8) is 0 Å². The number of aliphatic hydroxyl groups is 2. The van der Waals surface area contributed by atoms with Crippen molar-refractivity contribution >= 4 is 35.8 Å². The van der Waals surface area contributed by atoms with Crippen molar-refractivity contribution in [1.29, 1.82) is 0 Å². The number of rotatable bonds is 16. The van der Waals surface area contributed by atoms with Gasteiger partial charge in [0.1, 0.15) is 24.2 Å². The predicted molar refractivity (Wildman–Crippen MR) is 160 cm³/mol. The van der Waals surface area contributed by atoms with Gasteiger partial charge < -0.3 is 86.7 Å². The molecule has 0 bridgehead atoms. The summed E-state index contributed by atoms with van der Waals surface area (Å²) in [5.74, 6) is -6.16. The lowest BCUT2D eigenvalue weighted by Gasteiger charge is -2.06. The summed E-state index contributed by atoms with van der Waals surface area (Å²) in [5.41, 5.74) is 39.7. The molecule has 0 aromatic heterocycles. The van der Waals surface area contributed by atoms with Crippen LogP contribution in [0.4, 0.5) is 0 Å². The third-order valence-corrected chi connectivity index (χ3v) is 4.24. The molecule has 0 aromatic carbocycles. The van der Waals surface area contributed by atoms with Gasteiger partial charge in [0.15, 0.2) is 0 Å². The highest BCUT2D eigenvalue weighted by molar-refractivity contribution is 5.74. The van der Waals surface area contributed by atoms with Gasteiger partial charge in [-0.05, 0) is 45.7 Å². The van der Waals surface area contributed by atoms with Crippen LogP contribution in [0.5, 0.6) is 0 Å². The molecule has 0 aliphatic carbocycles. The second-order valence-electron chi connectivity index (χ2n) is 8.39. The number of hydrogen-bond acceptors (Lipinski definition) is 16.